The van der Waals surface area contributed by atoms with E-state index >= 15 is 0 Å². The Bertz CT molecular complexity index is 1270. The minimum absolute atomic E-state index is 0.133. The van der Waals surface area contributed by atoms with Gasteiger partial charge in [0.05, 0.1) is 28.0 Å². The molecule has 34 heavy (non-hydrogen) atoms. The molecule has 2 N–H and O–H groups in total. The van der Waals surface area contributed by atoms with Gasteiger partial charge in [0.15, 0.2) is 0 Å². The molecule has 1 amide bonds. The number of imidazole rings is 1. The number of rotatable bonds is 7. The van der Waals surface area contributed by atoms with E-state index in [-0.39, 0.29) is 17.3 Å². The van der Waals surface area contributed by atoms with Crippen molar-refractivity contribution in [1.29, 1.82) is 5.26 Å². The summed E-state index contributed by atoms with van der Waals surface area (Å²) in [4.78, 5) is 21.1. The van der Waals surface area contributed by atoms with Crippen molar-refractivity contribution in [1.82, 2.24) is 19.6 Å². The second kappa shape index (κ2) is 9.79. The molecule has 1 unspecified atom stereocenters. The molecule has 0 radical (unpaired) electrons. The summed E-state index contributed by atoms with van der Waals surface area (Å²) in [6.07, 6.45) is 5.01. The van der Waals surface area contributed by atoms with E-state index in [1.165, 1.54) is 4.31 Å². The number of sulfonamides is 1. The van der Waals surface area contributed by atoms with Gasteiger partial charge in [0.2, 0.25) is 15.9 Å². The standard InChI is InChI=1S/C25H27N5O3S/c1-25(24-27-13-14-28-24,16-19-9-11-20(17-26)12-10-19)29-23(31)21-6-5-15-30(18-21)34(32,33)22-7-3-2-4-8-22/h2-4,7-14,21H,5-6,15-16,18H2,1H3,(H,27,28)(H,29,31)/t21-,25?/m0/s1. The average molecular weight is 478 g/mol. The second-order valence-electron chi connectivity index (χ2n) is 8.76. The topological polar surface area (TPSA) is 119 Å². The predicted octanol–water partition coefficient (Wildman–Crippen LogP) is 2.96. The Balaban J connectivity index is 1.52. The molecule has 2 atom stereocenters. The maximum absolute atomic E-state index is 13.4. The molecule has 1 saturated heterocycles. The van der Waals surface area contributed by atoms with Crippen LogP contribution in [0, 0.1) is 17.2 Å². The smallest absolute Gasteiger partial charge is 0.243 e. The predicted molar refractivity (Wildman–Crippen MR) is 127 cm³/mol. The van der Waals surface area contributed by atoms with E-state index in [0.717, 1.165) is 5.56 Å². The molecule has 176 valence electrons. The average Bonchev–Trinajstić information content (AvgIpc) is 3.41. The zero-order valence-electron chi connectivity index (χ0n) is 18.9. The number of piperidine rings is 1. The molecule has 2 heterocycles. The van der Waals surface area contributed by atoms with Crippen LogP contribution in [0.4, 0.5) is 0 Å². The summed E-state index contributed by atoms with van der Waals surface area (Å²) in [5, 5.41) is 12.2. The number of aromatic amines is 1. The van der Waals surface area contributed by atoms with Crippen molar-refractivity contribution in [3.05, 3.63) is 83.9 Å². The van der Waals surface area contributed by atoms with Crippen LogP contribution in [0.25, 0.3) is 0 Å². The Hall–Kier alpha value is -3.48. The number of hydrogen-bond acceptors (Lipinski definition) is 5. The summed E-state index contributed by atoms with van der Waals surface area (Å²) in [6.45, 7) is 2.42. The third-order valence-electron chi connectivity index (χ3n) is 6.20. The molecule has 2 aromatic carbocycles. The SMILES string of the molecule is CC(Cc1ccc(C#N)cc1)(NC(=O)[C@H]1CCCN(S(=O)(=O)c2ccccc2)C1)c1ncc[nH]1. The maximum atomic E-state index is 13.4. The van der Waals surface area contributed by atoms with E-state index in [1.807, 2.05) is 19.1 Å². The molecule has 0 spiro atoms. The Morgan fingerprint density at radius 2 is 1.97 bits per heavy atom. The highest BCUT2D eigenvalue weighted by atomic mass is 32.2. The van der Waals surface area contributed by atoms with E-state index in [0.29, 0.717) is 37.2 Å². The van der Waals surface area contributed by atoms with Gasteiger partial charge in [0.25, 0.3) is 0 Å². The number of carbonyl (C=O) groups excluding carboxylic acids is 1. The first-order valence-corrected chi connectivity index (χ1v) is 12.6. The normalized spacial score (nSPS) is 18.5. The fraction of sp³-hybridized carbons (Fsp3) is 0.320. The molecule has 9 heteroatoms. The van der Waals surface area contributed by atoms with Crippen LogP contribution in [0.2, 0.25) is 0 Å². The molecule has 4 rings (SSSR count). The molecule has 1 aliphatic rings. The van der Waals surface area contributed by atoms with Crippen molar-refractivity contribution in [2.75, 3.05) is 13.1 Å². The lowest BCUT2D eigenvalue weighted by molar-refractivity contribution is -0.128. The fourth-order valence-corrected chi connectivity index (χ4v) is 5.89. The monoisotopic (exact) mass is 477 g/mol. The van der Waals surface area contributed by atoms with E-state index in [4.69, 9.17) is 5.26 Å². The van der Waals surface area contributed by atoms with Crippen molar-refractivity contribution in [3.8, 4) is 6.07 Å². The number of carbonyl (C=O) groups is 1. The molecule has 0 aliphatic carbocycles. The molecule has 8 nitrogen and oxygen atoms in total. The van der Waals surface area contributed by atoms with Gasteiger partial charge in [-0.25, -0.2) is 13.4 Å². The minimum atomic E-state index is -3.66. The molecule has 1 aromatic heterocycles. The zero-order chi connectivity index (χ0) is 24.2. The number of nitrogens with zero attached hydrogens (tertiary/aromatic N) is 3. The molecular formula is C25H27N5O3S. The summed E-state index contributed by atoms with van der Waals surface area (Å²) in [5.41, 5.74) is 0.666. The second-order valence-corrected chi connectivity index (χ2v) is 10.7. The van der Waals surface area contributed by atoms with E-state index in [1.54, 1.807) is 54.9 Å². The van der Waals surface area contributed by atoms with E-state index in [2.05, 4.69) is 21.4 Å². The Labute approximate surface area is 199 Å². The van der Waals surface area contributed by atoms with Crippen LogP contribution in [0.15, 0.2) is 71.9 Å². The number of hydrogen-bond donors (Lipinski definition) is 2. The summed E-state index contributed by atoms with van der Waals surface area (Å²) in [6, 6.07) is 17.6. The number of nitriles is 1. The van der Waals surface area contributed by atoms with Crippen molar-refractivity contribution < 1.29 is 13.2 Å². The first kappa shape index (κ1) is 23.7. The number of amides is 1. The van der Waals surface area contributed by atoms with Gasteiger partial charge in [-0.1, -0.05) is 30.3 Å². The van der Waals surface area contributed by atoms with Crippen molar-refractivity contribution >= 4 is 15.9 Å². The molecule has 0 bridgehead atoms. The van der Waals surface area contributed by atoms with Crippen LogP contribution in [0.5, 0.6) is 0 Å². The van der Waals surface area contributed by atoms with Crippen LogP contribution in [0.3, 0.4) is 0 Å². The lowest BCUT2D eigenvalue weighted by Crippen LogP contribution is -2.52. The minimum Gasteiger partial charge on any atom is -0.347 e. The lowest BCUT2D eigenvalue weighted by Gasteiger charge is -2.35. The number of benzene rings is 2. The first-order chi connectivity index (χ1) is 16.3. The molecule has 3 aromatic rings. The number of aromatic nitrogens is 2. The van der Waals surface area contributed by atoms with E-state index < -0.39 is 21.5 Å². The van der Waals surface area contributed by atoms with Gasteiger partial charge < -0.3 is 10.3 Å². The lowest BCUT2D eigenvalue weighted by atomic mass is 9.89. The van der Waals surface area contributed by atoms with Gasteiger partial charge in [-0.05, 0) is 49.6 Å². The highest BCUT2D eigenvalue weighted by Gasteiger charge is 2.37. The Kier molecular flexibility index (Phi) is 6.82. The van der Waals surface area contributed by atoms with Gasteiger partial charge in [0, 0.05) is 31.9 Å². The largest absolute Gasteiger partial charge is 0.347 e. The number of H-pyrrole nitrogens is 1. The summed E-state index contributed by atoms with van der Waals surface area (Å²) < 4.78 is 27.6. The summed E-state index contributed by atoms with van der Waals surface area (Å²) in [5.74, 6) is -0.0715. The van der Waals surface area contributed by atoms with Crippen LogP contribution < -0.4 is 5.32 Å². The summed E-state index contributed by atoms with van der Waals surface area (Å²) in [7, 11) is -3.66. The zero-order valence-corrected chi connectivity index (χ0v) is 19.8. The Morgan fingerprint density at radius 1 is 1.24 bits per heavy atom. The van der Waals surface area contributed by atoms with Crippen molar-refractivity contribution in [2.45, 2.75) is 36.6 Å². The van der Waals surface area contributed by atoms with Crippen molar-refractivity contribution in [2.24, 2.45) is 5.92 Å². The highest BCUT2D eigenvalue weighted by molar-refractivity contribution is 7.89. The fourth-order valence-electron chi connectivity index (χ4n) is 4.35. The molecule has 1 aliphatic heterocycles. The quantitative estimate of drug-likeness (QED) is 0.542. The molecular weight excluding hydrogens is 450 g/mol. The Morgan fingerprint density at radius 3 is 2.62 bits per heavy atom. The van der Waals surface area contributed by atoms with Crippen LogP contribution in [-0.2, 0) is 26.8 Å². The van der Waals surface area contributed by atoms with Crippen LogP contribution in [0.1, 0.15) is 36.7 Å². The molecule has 0 saturated carbocycles. The third kappa shape index (κ3) is 5.03. The third-order valence-corrected chi connectivity index (χ3v) is 8.08. The maximum Gasteiger partial charge on any atom is 0.243 e. The number of nitrogens with one attached hydrogen (secondary N) is 2. The van der Waals surface area contributed by atoms with Crippen molar-refractivity contribution in [3.63, 3.8) is 0 Å². The van der Waals surface area contributed by atoms with Gasteiger partial charge in [-0.2, -0.15) is 9.57 Å². The van der Waals surface area contributed by atoms with Gasteiger partial charge in [0.1, 0.15) is 5.82 Å². The summed E-state index contributed by atoms with van der Waals surface area (Å²) >= 11 is 0. The van der Waals surface area contributed by atoms with Crippen LogP contribution >= 0.6 is 0 Å². The van der Waals surface area contributed by atoms with Gasteiger partial charge in [-0.3, -0.25) is 4.79 Å². The molecule has 1 fully saturated rings. The van der Waals surface area contributed by atoms with E-state index in [9.17, 15) is 13.2 Å². The van der Waals surface area contributed by atoms with Gasteiger partial charge >= 0.3 is 0 Å². The van der Waals surface area contributed by atoms with Gasteiger partial charge in [-0.15, -0.1) is 0 Å². The van der Waals surface area contributed by atoms with Crippen LogP contribution in [-0.4, -0.2) is 41.7 Å². The first-order valence-electron chi connectivity index (χ1n) is 11.2. The highest BCUT2D eigenvalue weighted by Crippen LogP contribution is 2.27.